The largest absolute Gasteiger partial charge is 0.309 e. The predicted octanol–water partition coefficient (Wildman–Crippen LogP) is 3.25. The second-order valence-electron chi connectivity index (χ2n) is 3.34. The number of hydrogen-bond donors (Lipinski definition) is 1. The minimum atomic E-state index is -0.216. The standard InChI is InChI=1S/C11H13BrFN/c1-8(2)6-14-7-9-3-10(12)5-11(13)4-9/h3-5,14H,1,6-7H2,2H3. The molecular formula is C11H13BrFN. The monoisotopic (exact) mass is 257 g/mol. The molecule has 0 saturated carbocycles. The molecule has 1 aromatic rings. The van der Waals surface area contributed by atoms with Crippen molar-refractivity contribution < 1.29 is 4.39 Å². The molecule has 0 spiro atoms. The molecule has 0 bridgehead atoms. The van der Waals surface area contributed by atoms with E-state index in [2.05, 4.69) is 27.8 Å². The Kier molecular flexibility index (Phi) is 4.29. The lowest BCUT2D eigenvalue weighted by Crippen LogP contribution is -2.15. The number of rotatable bonds is 4. The van der Waals surface area contributed by atoms with Crippen LogP contribution < -0.4 is 5.32 Å². The molecule has 0 aromatic heterocycles. The fourth-order valence-electron chi connectivity index (χ4n) is 1.13. The van der Waals surface area contributed by atoms with Crippen LogP contribution in [0.25, 0.3) is 0 Å². The first-order valence-corrected chi connectivity index (χ1v) is 5.17. The molecule has 0 saturated heterocycles. The van der Waals surface area contributed by atoms with E-state index >= 15 is 0 Å². The molecule has 76 valence electrons. The van der Waals surface area contributed by atoms with Crippen LogP contribution >= 0.6 is 15.9 Å². The summed E-state index contributed by atoms with van der Waals surface area (Å²) in [4.78, 5) is 0. The number of halogens is 2. The summed E-state index contributed by atoms with van der Waals surface area (Å²) in [5.41, 5.74) is 2.00. The summed E-state index contributed by atoms with van der Waals surface area (Å²) < 4.78 is 13.7. The maximum absolute atomic E-state index is 12.9. The van der Waals surface area contributed by atoms with Crippen molar-refractivity contribution in [2.24, 2.45) is 0 Å². The molecule has 1 N–H and O–H groups in total. The Morgan fingerprint density at radius 2 is 2.21 bits per heavy atom. The molecule has 0 heterocycles. The van der Waals surface area contributed by atoms with Gasteiger partial charge in [-0.05, 0) is 30.7 Å². The minimum Gasteiger partial charge on any atom is -0.309 e. The Bertz CT molecular complexity index is 316. The highest BCUT2D eigenvalue weighted by atomic mass is 79.9. The zero-order valence-electron chi connectivity index (χ0n) is 8.11. The van der Waals surface area contributed by atoms with Crippen molar-refractivity contribution in [3.63, 3.8) is 0 Å². The van der Waals surface area contributed by atoms with Crippen LogP contribution in [0.4, 0.5) is 4.39 Å². The van der Waals surface area contributed by atoms with E-state index in [0.29, 0.717) is 6.54 Å². The van der Waals surface area contributed by atoms with Crippen LogP contribution in [0.1, 0.15) is 12.5 Å². The van der Waals surface area contributed by atoms with Gasteiger partial charge in [0.2, 0.25) is 0 Å². The Morgan fingerprint density at radius 3 is 2.79 bits per heavy atom. The van der Waals surface area contributed by atoms with Crippen molar-refractivity contribution in [3.05, 3.63) is 46.2 Å². The quantitative estimate of drug-likeness (QED) is 0.817. The average molecular weight is 258 g/mol. The van der Waals surface area contributed by atoms with Gasteiger partial charge in [0.1, 0.15) is 5.82 Å². The first kappa shape index (κ1) is 11.4. The molecule has 0 atom stereocenters. The molecule has 0 aliphatic carbocycles. The average Bonchev–Trinajstić information content (AvgIpc) is 2.01. The topological polar surface area (TPSA) is 12.0 Å². The van der Waals surface area contributed by atoms with Gasteiger partial charge in [-0.15, -0.1) is 0 Å². The molecule has 3 heteroatoms. The van der Waals surface area contributed by atoms with E-state index in [-0.39, 0.29) is 5.82 Å². The van der Waals surface area contributed by atoms with E-state index in [4.69, 9.17) is 0 Å². The lowest BCUT2D eigenvalue weighted by molar-refractivity contribution is 0.621. The van der Waals surface area contributed by atoms with Gasteiger partial charge in [0.05, 0.1) is 0 Å². The van der Waals surface area contributed by atoms with Crippen molar-refractivity contribution in [2.75, 3.05) is 6.54 Å². The predicted molar refractivity (Wildman–Crippen MR) is 60.6 cm³/mol. The summed E-state index contributed by atoms with van der Waals surface area (Å²) in [6.07, 6.45) is 0. The molecule has 0 fully saturated rings. The third-order valence-corrected chi connectivity index (χ3v) is 2.14. The van der Waals surface area contributed by atoms with E-state index in [1.165, 1.54) is 12.1 Å². The summed E-state index contributed by atoms with van der Waals surface area (Å²) in [5, 5.41) is 3.17. The summed E-state index contributed by atoms with van der Waals surface area (Å²) in [5.74, 6) is -0.216. The lowest BCUT2D eigenvalue weighted by Gasteiger charge is -2.05. The molecule has 0 unspecified atom stereocenters. The molecule has 0 radical (unpaired) electrons. The second kappa shape index (κ2) is 5.27. The molecular weight excluding hydrogens is 245 g/mol. The van der Waals surface area contributed by atoms with Crippen LogP contribution in [0.5, 0.6) is 0 Å². The first-order chi connectivity index (χ1) is 6.58. The van der Waals surface area contributed by atoms with Crippen molar-refractivity contribution >= 4 is 15.9 Å². The lowest BCUT2D eigenvalue weighted by atomic mass is 10.2. The summed E-state index contributed by atoms with van der Waals surface area (Å²) in [6, 6.07) is 4.87. The Balaban J connectivity index is 2.54. The highest BCUT2D eigenvalue weighted by molar-refractivity contribution is 9.10. The second-order valence-corrected chi connectivity index (χ2v) is 4.25. The maximum atomic E-state index is 12.9. The molecule has 14 heavy (non-hydrogen) atoms. The van der Waals surface area contributed by atoms with Gasteiger partial charge in [-0.3, -0.25) is 0 Å². The maximum Gasteiger partial charge on any atom is 0.124 e. The normalized spacial score (nSPS) is 10.2. The molecule has 0 amide bonds. The van der Waals surface area contributed by atoms with Crippen LogP contribution in [0.2, 0.25) is 0 Å². The number of nitrogens with one attached hydrogen (secondary N) is 1. The van der Waals surface area contributed by atoms with Gasteiger partial charge in [-0.1, -0.05) is 28.1 Å². The third kappa shape index (κ3) is 4.03. The molecule has 1 nitrogen and oxygen atoms in total. The van der Waals surface area contributed by atoms with Crippen LogP contribution in [0, 0.1) is 5.82 Å². The van der Waals surface area contributed by atoms with Gasteiger partial charge < -0.3 is 5.32 Å². The van der Waals surface area contributed by atoms with Gasteiger partial charge in [0.15, 0.2) is 0 Å². The van der Waals surface area contributed by atoms with Crippen molar-refractivity contribution in [3.8, 4) is 0 Å². The minimum absolute atomic E-state index is 0.216. The summed E-state index contributed by atoms with van der Waals surface area (Å²) in [7, 11) is 0. The van der Waals surface area contributed by atoms with Crippen LogP contribution in [0.3, 0.4) is 0 Å². The van der Waals surface area contributed by atoms with Gasteiger partial charge in [-0.25, -0.2) is 4.39 Å². The van der Waals surface area contributed by atoms with Gasteiger partial charge in [0.25, 0.3) is 0 Å². The Hall–Kier alpha value is -0.670. The smallest absolute Gasteiger partial charge is 0.124 e. The van der Waals surface area contributed by atoms with Crippen LogP contribution in [0.15, 0.2) is 34.8 Å². The summed E-state index contributed by atoms with van der Waals surface area (Å²) >= 11 is 3.25. The van der Waals surface area contributed by atoms with Gasteiger partial charge >= 0.3 is 0 Å². The van der Waals surface area contributed by atoms with E-state index in [1.807, 2.05) is 13.0 Å². The first-order valence-electron chi connectivity index (χ1n) is 4.38. The zero-order chi connectivity index (χ0) is 10.6. The van der Waals surface area contributed by atoms with E-state index < -0.39 is 0 Å². The Morgan fingerprint density at radius 1 is 1.50 bits per heavy atom. The highest BCUT2D eigenvalue weighted by Gasteiger charge is 1.98. The van der Waals surface area contributed by atoms with E-state index in [0.717, 1.165) is 22.2 Å². The van der Waals surface area contributed by atoms with Crippen LogP contribution in [-0.2, 0) is 6.54 Å². The zero-order valence-corrected chi connectivity index (χ0v) is 9.70. The third-order valence-electron chi connectivity index (χ3n) is 1.68. The molecule has 1 rings (SSSR count). The molecule has 1 aromatic carbocycles. The van der Waals surface area contributed by atoms with Gasteiger partial charge in [0, 0.05) is 17.6 Å². The van der Waals surface area contributed by atoms with Crippen molar-refractivity contribution in [1.29, 1.82) is 0 Å². The van der Waals surface area contributed by atoms with Gasteiger partial charge in [-0.2, -0.15) is 0 Å². The van der Waals surface area contributed by atoms with E-state index in [1.54, 1.807) is 0 Å². The highest BCUT2D eigenvalue weighted by Crippen LogP contribution is 2.14. The summed E-state index contributed by atoms with van der Waals surface area (Å²) in [6.45, 7) is 7.14. The van der Waals surface area contributed by atoms with Crippen LogP contribution in [-0.4, -0.2) is 6.54 Å². The molecule has 0 aliphatic rings. The fraction of sp³-hybridized carbons (Fsp3) is 0.273. The molecule has 0 aliphatic heterocycles. The Labute approximate surface area is 92.1 Å². The SMILES string of the molecule is C=C(C)CNCc1cc(F)cc(Br)c1. The van der Waals surface area contributed by atoms with Crippen molar-refractivity contribution in [1.82, 2.24) is 5.32 Å². The van der Waals surface area contributed by atoms with Crippen molar-refractivity contribution in [2.45, 2.75) is 13.5 Å². The van der Waals surface area contributed by atoms with E-state index in [9.17, 15) is 4.39 Å². The number of hydrogen-bond acceptors (Lipinski definition) is 1. The number of benzene rings is 1. The fourth-order valence-corrected chi connectivity index (χ4v) is 1.65.